The summed E-state index contributed by atoms with van der Waals surface area (Å²) >= 11 is 0. The molecule has 1 aliphatic rings. The number of hydrogen-bond donors (Lipinski definition) is 3. The molecular weight excluding hydrogens is 270 g/mol. The van der Waals surface area contributed by atoms with Crippen molar-refractivity contribution < 1.29 is 14.7 Å². The van der Waals surface area contributed by atoms with Crippen LogP contribution in [0.1, 0.15) is 30.1 Å². The van der Waals surface area contributed by atoms with E-state index in [2.05, 4.69) is 10.9 Å². The summed E-state index contributed by atoms with van der Waals surface area (Å²) in [7, 11) is 0. The van der Waals surface area contributed by atoms with Crippen LogP contribution >= 0.6 is 0 Å². The summed E-state index contributed by atoms with van der Waals surface area (Å²) in [6.45, 7) is 3.17. The minimum Gasteiger partial charge on any atom is -0.389 e. The smallest absolute Gasteiger partial charge is 0.269 e. The van der Waals surface area contributed by atoms with Crippen molar-refractivity contribution in [3.63, 3.8) is 0 Å². The number of piperidine rings is 1. The van der Waals surface area contributed by atoms with E-state index in [1.54, 1.807) is 31.2 Å². The van der Waals surface area contributed by atoms with Crippen LogP contribution in [-0.4, -0.2) is 47.1 Å². The first-order valence-corrected chi connectivity index (χ1v) is 7.05. The lowest BCUT2D eigenvalue weighted by Crippen LogP contribution is -2.51. The van der Waals surface area contributed by atoms with Gasteiger partial charge in [-0.1, -0.05) is 18.2 Å². The van der Waals surface area contributed by atoms with E-state index in [1.807, 2.05) is 11.0 Å². The number of carbonyl (C=O) groups is 2. The van der Waals surface area contributed by atoms with E-state index in [0.29, 0.717) is 12.1 Å². The van der Waals surface area contributed by atoms with Crippen molar-refractivity contribution >= 4 is 11.8 Å². The number of aliphatic hydroxyl groups is 1. The first-order chi connectivity index (χ1) is 9.96. The molecule has 3 N–H and O–H groups in total. The van der Waals surface area contributed by atoms with E-state index >= 15 is 0 Å². The fourth-order valence-electron chi connectivity index (χ4n) is 2.49. The molecular formula is C15H21N3O3. The van der Waals surface area contributed by atoms with Gasteiger partial charge in [0.2, 0.25) is 0 Å². The molecule has 6 nitrogen and oxygen atoms in total. The molecule has 2 rings (SSSR count). The van der Waals surface area contributed by atoms with Gasteiger partial charge in [-0.15, -0.1) is 0 Å². The number of amides is 2. The predicted molar refractivity (Wildman–Crippen MR) is 78.3 cm³/mol. The minimum atomic E-state index is -0.744. The highest BCUT2D eigenvalue weighted by atomic mass is 16.3. The number of benzene rings is 1. The van der Waals surface area contributed by atoms with Crippen LogP contribution in [0.2, 0.25) is 0 Å². The van der Waals surface area contributed by atoms with Crippen LogP contribution in [0.25, 0.3) is 0 Å². The van der Waals surface area contributed by atoms with Gasteiger partial charge in [0.25, 0.3) is 11.8 Å². The van der Waals surface area contributed by atoms with Gasteiger partial charge in [0.1, 0.15) is 0 Å². The Morgan fingerprint density at radius 2 is 2.00 bits per heavy atom. The molecule has 0 saturated carbocycles. The Morgan fingerprint density at radius 1 is 1.29 bits per heavy atom. The lowest BCUT2D eigenvalue weighted by Gasteiger charge is -2.36. The van der Waals surface area contributed by atoms with E-state index in [9.17, 15) is 14.7 Å². The fourth-order valence-corrected chi connectivity index (χ4v) is 2.49. The number of nitrogens with one attached hydrogen (secondary N) is 2. The maximum absolute atomic E-state index is 11.8. The van der Waals surface area contributed by atoms with Crippen molar-refractivity contribution in [3.05, 3.63) is 35.9 Å². The summed E-state index contributed by atoms with van der Waals surface area (Å²) < 4.78 is 0. The predicted octanol–water partition coefficient (Wildman–Crippen LogP) is 0.294. The van der Waals surface area contributed by atoms with Crippen LogP contribution in [0.3, 0.4) is 0 Å². The Hall–Kier alpha value is -1.92. The zero-order chi connectivity index (χ0) is 15.3. The van der Waals surface area contributed by atoms with E-state index in [1.165, 1.54) is 0 Å². The molecule has 0 radical (unpaired) electrons. The van der Waals surface area contributed by atoms with Gasteiger partial charge >= 0.3 is 0 Å². The first-order valence-electron chi connectivity index (χ1n) is 7.05. The molecule has 21 heavy (non-hydrogen) atoms. The lowest BCUT2D eigenvalue weighted by molar-refractivity contribution is -0.124. The molecule has 1 saturated heterocycles. The zero-order valence-corrected chi connectivity index (χ0v) is 12.1. The van der Waals surface area contributed by atoms with Gasteiger partial charge in [0, 0.05) is 12.1 Å². The molecule has 2 amide bonds. The van der Waals surface area contributed by atoms with Crippen LogP contribution < -0.4 is 10.9 Å². The summed E-state index contributed by atoms with van der Waals surface area (Å²) in [4.78, 5) is 25.5. The third-order valence-electron chi connectivity index (χ3n) is 3.47. The molecule has 1 aromatic carbocycles. The molecule has 0 aliphatic carbocycles. The lowest BCUT2D eigenvalue weighted by atomic mass is 9.95. The number of rotatable bonds is 3. The normalized spacial score (nSPS) is 22.6. The number of carbonyl (C=O) groups excluding carboxylic acids is 2. The maximum atomic E-state index is 11.8. The number of likely N-dealkylation sites (tertiary alicyclic amines) is 1. The SMILES string of the molecule is CC1(O)CCCN(CC(=O)NNC(=O)c2ccccc2)C1. The summed E-state index contributed by atoms with van der Waals surface area (Å²) in [5.41, 5.74) is 4.52. The molecule has 0 bridgehead atoms. The van der Waals surface area contributed by atoms with Gasteiger partial charge in [0.05, 0.1) is 12.1 Å². The van der Waals surface area contributed by atoms with Crippen molar-refractivity contribution in [2.24, 2.45) is 0 Å². The number of hydrazine groups is 1. The third-order valence-corrected chi connectivity index (χ3v) is 3.47. The topological polar surface area (TPSA) is 81.7 Å². The van der Waals surface area contributed by atoms with Crippen LogP contribution in [0.4, 0.5) is 0 Å². The number of β-amino-alcohol motifs (C(OH)–C–C–N with tert-alkyl or cyclic N) is 1. The summed E-state index contributed by atoms with van der Waals surface area (Å²) in [5.74, 6) is -0.647. The van der Waals surface area contributed by atoms with Gasteiger partial charge in [-0.3, -0.25) is 25.3 Å². The Bertz CT molecular complexity index is 502. The third kappa shape index (κ3) is 4.84. The second-order valence-corrected chi connectivity index (χ2v) is 5.68. The Balaban J connectivity index is 1.76. The molecule has 1 fully saturated rings. The Labute approximate surface area is 124 Å². The fraction of sp³-hybridized carbons (Fsp3) is 0.467. The Kier molecular flexibility index (Phi) is 4.93. The van der Waals surface area contributed by atoms with Crippen LogP contribution in [0.5, 0.6) is 0 Å². The average Bonchev–Trinajstić information content (AvgIpc) is 2.44. The molecule has 114 valence electrons. The highest BCUT2D eigenvalue weighted by Crippen LogP contribution is 2.19. The van der Waals surface area contributed by atoms with Gasteiger partial charge in [-0.2, -0.15) is 0 Å². The first kappa shape index (κ1) is 15.5. The standard InChI is InChI=1S/C15H21N3O3/c1-15(21)8-5-9-18(11-15)10-13(19)16-17-14(20)12-6-3-2-4-7-12/h2-4,6-7,21H,5,8-11H2,1H3,(H,16,19)(H,17,20). The van der Waals surface area contributed by atoms with E-state index in [0.717, 1.165) is 19.4 Å². The molecule has 0 spiro atoms. The van der Waals surface area contributed by atoms with E-state index in [-0.39, 0.29) is 18.4 Å². The second-order valence-electron chi connectivity index (χ2n) is 5.68. The van der Waals surface area contributed by atoms with Crippen molar-refractivity contribution in [2.75, 3.05) is 19.6 Å². The van der Waals surface area contributed by atoms with Crippen LogP contribution in [-0.2, 0) is 4.79 Å². The van der Waals surface area contributed by atoms with E-state index in [4.69, 9.17) is 0 Å². The molecule has 6 heteroatoms. The molecule has 1 atom stereocenters. The Morgan fingerprint density at radius 3 is 2.67 bits per heavy atom. The van der Waals surface area contributed by atoms with Crippen LogP contribution in [0.15, 0.2) is 30.3 Å². The second kappa shape index (κ2) is 6.69. The largest absolute Gasteiger partial charge is 0.389 e. The molecule has 1 heterocycles. The number of nitrogens with zero attached hydrogens (tertiary/aromatic N) is 1. The van der Waals surface area contributed by atoms with Crippen molar-refractivity contribution in [1.82, 2.24) is 15.8 Å². The van der Waals surface area contributed by atoms with Gasteiger partial charge in [-0.05, 0) is 38.4 Å². The summed E-state index contributed by atoms with van der Waals surface area (Å²) in [6, 6.07) is 8.67. The van der Waals surface area contributed by atoms with Crippen molar-refractivity contribution in [1.29, 1.82) is 0 Å². The quantitative estimate of drug-likeness (QED) is 0.699. The maximum Gasteiger partial charge on any atom is 0.269 e. The summed E-state index contributed by atoms with van der Waals surface area (Å²) in [5, 5.41) is 9.98. The highest BCUT2D eigenvalue weighted by Gasteiger charge is 2.29. The summed E-state index contributed by atoms with van der Waals surface area (Å²) in [6.07, 6.45) is 1.60. The molecule has 1 aliphatic heterocycles. The van der Waals surface area contributed by atoms with Crippen LogP contribution in [0, 0.1) is 0 Å². The van der Waals surface area contributed by atoms with Crippen molar-refractivity contribution in [3.8, 4) is 0 Å². The minimum absolute atomic E-state index is 0.158. The molecule has 1 unspecified atom stereocenters. The van der Waals surface area contributed by atoms with Gasteiger partial charge < -0.3 is 5.11 Å². The van der Waals surface area contributed by atoms with Crippen molar-refractivity contribution in [2.45, 2.75) is 25.4 Å². The van der Waals surface area contributed by atoms with E-state index < -0.39 is 5.60 Å². The zero-order valence-electron chi connectivity index (χ0n) is 12.1. The molecule has 0 aromatic heterocycles. The highest BCUT2D eigenvalue weighted by molar-refractivity contribution is 5.95. The average molecular weight is 291 g/mol. The van der Waals surface area contributed by atoms with Gasteiger partial charge in [-0.25, -0.2) is 0 Å². The number of hydrogen-bond acceptors (Lipinski definition) is 4. The monoisotopic (exact) mass is 291 g/mol. The molecule has 1 aromatic rings. The van der Waals surface area contributed by atoms with Gasteiger partial charge in [0.15, 0.2) is 0 Å².